The van der Waals surface area contributed by atoms with Gasteiger partial charge in [-0.2, -0.15) is 0 Å². The minimum Gasteiger partial charge on any atom is -0.340 e. The third-order valence-electron chi connectivity index (χ3n) is 5.54. The molecule has 5 heteroatoms. The van der Waals surface area contributed by atoms with E-state index in [4.69, 9.17) is 0 Å². The fourth-order valence-corrected chi connectivity index (χ4v) is 4.34. The summed E-state index contributed by atoms with van der Waals surface area (Å²) >= 11 is 1.50. The molecule has 2 N–H and O–H groups in total. The van der Waals surface area contributed by atoms with Crippen LogP contribution in [-0.4, -0.2) is 11.8 Å². The first kappa shape index (κ1) is 23.2. The van der Waals surface area contributed by atoms with Gasteiger partial charge >= 0.3 is 0 Å². The Bertz CT molecular complexity index is 1290. The number of hydrogen-bond donors (Lipinski definition) is 2. The topological polar surface area (TPSA) is 58.2 Å². The molecule has 0 saturated heterocycles. The molecule has 4 aromatic rings. The molecule has 0 bridgehead atoms. The molecule has 1 heterocycles. The normalized spacial score (nSPS) is 12.1. The maximum Gasteiger partial charge on any atom is 0.268 e. The van der Waals surface area contributed by atoms with Crippen LogP contribution in [0.3, 0.4) is 0 Å². The van der Waals surface area contributed by atoms with Crippen LogP contribution in [0.25, 0.3) is 6.08 Å². The maximum atomic E-state index is 13.6. The molecular formula is C29H26N2O2S. The predicted molar refractivity (Wildman–Crippen MR) is 139 cm³/mol. The first-order chi connectivity index (χ1) is 16.5. The molecule has 3 aromatic carbocycles. The van der Waals surface area contributed by atoms with Gasteiger partial charge in [-0.05, 0) is 60.2 Å². The van der Waals surface area contributed by atoms with Crippen LogP contribution in [0.15, 0.2) is 102 Å². The summed E-state index contributed by atoms with van der Waals surface area (Å²) in [6, 6.07) is 28.5. The number of carbonyl (C=O) groups excluding carboxylic acids is 2. The number of thiophene rings is 1. The number of hydrogen-bond acceptors (Lipinski definition) is 3. The standard InChI is InChI=1S/C29H26N2O2S/c1-20-14-16-23(17-15-20)28(32)30-26(19-24-12-8-18-34-24)29(33)31-27(22-10-4-3-5-11-22)25-13-7-6-9-21(25)2/h3-19,27H,1-2H3,(H,30,32)(H,31,33)/b26-19-. The summed E-state index contributed by atoms with van der Waals surface area (Å²) < 4.78 is 0. The van der Waals surface area contributed by atoms with Crippen LogP contribution in [0.4, 0.5) is 0 Å². The number of nitrogens with one attached hydrogen (secondary N) is 2. The van der Waals surface area contributed by atoms with Crippen molar-refractivity contribution in [3.63, 3.8) is 0 Å². The second-order valence-electron chi connectivity index (χ2n) is 8.07. The number of rotatable bonds is 7. The van der Waals surface area contributed by atoms with E-state index in [1.54, 1.807) is 18.2 Å². The average molecular weight is 467 g/mol. The van der Waals surface area contributed by atoms with Crippen LogP contribution in [0.2, 0.25) is 0 Å². The maximum absolute atomic E-state index is 13.6. The van der Waals surface area contributed by atoms with E-state index < -0.39 is 0 Å². The van der Waals surface area contributed by atoms with E-state index in [2.05, 4.69) is 10.6 Å². The minimum absolute atomic E-state index is 0.197. The molecule has 0 radical (unpaired) electrons. The van der Waals surface area contributed by atoms with Crippen LogP contribution in [-0.2, 0) is 4.79 Å². The molecule has 4 rings (SSSR count). The van der Waals surface area contributed by atoms with Crippen molar-refractivity contribution in [1.82, 2.24) is 10.6 Å². The summed E-state index contributed by atoms with van der Waals surface area (Å²) in [5.74, 6) is -0.684. The SMILES string of the molecule is Cc1ccc(C(=O)N/C(=C\c2cccs2)C(=O)NC(c2ccccc2)c2ccccc2C)cc1. The van der Waals surface area contributed by atoms with Crippen molar-refractivity contribution in [2.45, 2.75) is 19.9 Å². The summed E-state index contributed by atoms with van der Waals surface area (Å²) in [7, 11) is 0. The Morgan fingerprint density at radius 3 is 2.21 bits per heavy atom. The van der Waals surface area contributed by atoms with Crippen LogP contribution in [0, 0.1) is 13.8 Å². The third-order valence-corrected chi connectivity index (χ3v) is 6.36. The monoisotopic (exact) mass is 466 g/mol. The summed E-state index contributed by atoms with van der Waals surface area (Å²) in [6.07, 6.45) is 1.71. The highest BCUT2D eigenvalue weighted by Crippen LogP contribution is 2.25. The second kappa shape index (κ2) is 10.8. The van der Waals surface area contributed by atoms with Crippen LogP contribution >= 0.6 is 11.3 Å². The van der Waals surface area contributed by atoms with Crippen molar-refractivity contribution in [2.75, 3.05) is 0 Å². The lowest BCUT2D eigenvalue weighted by Crippen LogP contribution is -2.37. The smallest absolute Gasteiger partial charge is 0.268 e. The van der Waals surface area contributed by atoms with E-state index in [-0.39, 0.29) is 23.6 Å². The molecule has 1 atom stereocenters. The minimum atomic E-state index is -0.363. The van der Waals surface area contributed by atoms with Crippen molar-refractivity contribution in [3.8, 4) is 0 Å². The van der Waals surface area contributed by atoms with Crippen molar-refractivity contribution in [1.29, 1.82) is 0 Å². The quantitative estimate of drug-likeness (QED) is 0.326. The van der Waals surface area contributed by atoms with Crippen LogP contribution < -0.4 is 10.6 Å². The fourth-order valence-electron chi connectivity index (χ4n) is 3.68. The average Bonchev–Trinajstić information content (AvgIpc) is 3.37. The molecule has 34 heavy (non-hydrogen) atoms. The molecule has 4 nitrogen and oxygen atoms in total. The predicted octanol–water partition coefficient (Wildman–Crippen LogP) is 6.04. The van der Waals surface area contributed by atoms with E-state index in [1.807, 2.05) is 98.1 Å². The molecule has 0 aliphatic heterocycles. The number of aryl methyl sites for hydroxylation is 2. The van der Waals surface area contributed by atoms with E-state index >= 15 is 0 Å². The summed E-state index contributed by atoms with van der Waals surface area (Å²) in [5.41, 5.74) is 4.79. The molecule has 0 aliphatic carbocycles. The van der Waals surface area contributed by atoms with E-state index in [1.165, 1.54) is 11.3 Å². The van der Waals surface area contributed by atoms with Gasteiger partial charge in [-0.3, -0.25) is 9.59 Å². The summed E-state index contributed by atoms with van der Waals surface area (Å²) in [5, 5.41) is 7.92. The van der Waals surface area contributed by atoms with Gasteiger partial charge in [-0.25, -0.2) is 0 Å². The largest absolute Gasteiger partial charge is 0.340 e. The van der Waals surface area contributed by atoms with Gasteiger partial charge in [0, 0.05) is 10.4 Å². The molecule has 1 aromatic heterocycles. The Morgan fingerprint density at radius 1 is 0.824 bits per heavy atom. The van der Waals surface area contributed by atoms with Crippen LogP contribution in [0.1, 0.15) is 43.5 Å². The van der Waals surface area contributed by atoms with Gasteiger partial charge in [0.1, 0.15) is 5.70 Å². The molecule has 0 fully saturated rings. The van der Waals surface area contributed by atoms with Gasteiger partial charge in [0.25, 0.3) is 11.8 Å². The first-order valence-electron chi connectivity index (χ1n) is 11.1. The van der Waals surface area contributed by atoms with Gasteiger partial charge in [-0.1, -0.05) is 78.4 Å². The van der Waals surface area contributed by atoms with Gasteiger partial charge in [0.2, 0.25) is 0 Å². The number of benzene rings is 3. The van der Waals surface area contributed by atoms with Crippen molar-refractivity contribution in [3.05, 3.63) is 135 Å². The van der Waals surface area contributed by atoms with E-state index in [9.17, 15) is 9.59 Å². The lowest BCUT2D eigenvalue weighted by atomic mass is 9.95. The zero-order chi connectivity index (χ0) is 23.9. The Kier molecular flexibility index (Phi) is 7.35. The van der Waals surface area contributed by atoms with Crippen molar-refractivity contribution >= 4 is 29.2 Å². The van der Waals surface area contributed by atoms with Gasteiger partial charge in [-0.15, -0.1) is 11.3 Å². The Labute approximate surface area is 204 Å². The van der Waals surface area contributed by atoms with Gasteiger partial charge in [0.15, 0.2) is 0 Å². The second-order valence-corrected chi connectivity index (χ2v) is 9.05. The Balaban J connectivity index is 1.66. The Morgan fingerprint density at radius 2 is 1.53 bits per heavy atom. The molecule has 0 saturated carbocycles. The highest BCUT2D eigenvalue weighted by molar-refractivity contribution is 7.10. The molecular weight excluding hydrogens is 440 g/mol. The highest BCUT2D eigenvalue weighted by Gasteiger charge is 2.22. The molecule has 2 amide bonds. The zero-order valence-electron chi connectivity index (χ0n) is 19.1. The Hall–Kier alpha value is -3.96. The van der Waals surface area contributed by atoms with Crippen LogP contribution in [0.5, 0.6) is 0 Å². The molecule has 1 unspecified atom stereocenters. The van der Waals surface area contributed by atoms with Crippen molar-refractivity contribution in [2.24, 2.45) is 0 Å². The van der Waals surface area contributed by atoms with E-state index in [0.29, 0.717) is 5.56 Å². The third kappa shape index (κ3) is 5.69. The zero-order valence-corrected chi connectivity index (χ0v) is 19.9. The number of amides is 2. The molecule has 0 aliphatic rings. The lowest BCUT2D eigenvalue weighted by molar-refractivity contribution is -0.118. The lowest BCUT2D eigenvalue weighted by Gasteiger charge is -2.22. The van der Waals surface area contributed by atoms with E-state index in [0.717, 1.165) is 27.1 Å². The summed E-state index contributed by atoms with van der Waals surface area (Å²) in [4.78, 5) is 27.4. The number of carbonyl (C=O) groups is 2. The summed E-state index contributed by atoms with van der Waals surface area (Å²) in [6.45, 7) is 3.99. The van der Waals surface area contributed by atoms with Gasteiger partial charge < -0.3 is 10.6 Å². The highest BCUT2D eigenvalue weighted by atomic mass is 32.1. The molecule has 170 valence electrons. The van der Waals surface area contributed by atoms with Gasteiger partial charge in [0.05, 0.1) is 6.04 Å². The van der Waals surface area contributed by atoms with Crippen molar-refractivity contribution < 1.29 is 9.59 Å². The molecule has 0 spiro atoms. The first-order valence-corrected chi connectivity index (χ1v) is 11.9. The fraction of sp³-hybridized carbons (Fsp3) is 0.103.